The Kier molecular flexibility index (Phi) is 6.27. The average Bonchev–Trinajstić information content (AvgIpc) is 3.47. The number of hydrogen-bond donors (Lipinski definition) is 0. The minimum Gasteiger partial charge on any atom is -0.226 e. The Morgan fingerprint density at radius 2 is 1.62 bits per heavy atom. The van der Waals surface area contributed by atoms with Crippen LogP contribution in [0, 0.1) is 20.8 Å². The predicted octanol–water partition coefficient (Wildman–Crippen LogP) is 5.79. The number of rotatable bonds is 7. The Bertz CT molecular complexity index is 1420. The average molecular weight is 467 g/mol. The van der Waals surface area contributed by atoms with Crippen molar-refractivity contribution in [3.8, 4) is 17.1 Å². The minimum absolute atomic E-state index is 0.576. The summed E-state index contributed by atoms with van der Waals surface area (Å²) in [7, 11) is 0. The van der Waals surface area contributed by atoms with E-state index in [0.717, 1.165) is 33.2 Å². The first-order valence-electron chi connectivity index (χ1n) is 11.2. The zero-order chi connectivity index (χ0) is 23.5. The Morgan fingerprint density at radius 3 is 2.44 bits per heavy atom. The monoisotopic (exact) mass is 466 g/mol. The summed E-state index contributed by atoms with van der Waals surface area (Å²) in [6, 6.07) is 25.2. The number of aryl methyl sites for hydroxylation is 3. The third-order valence-corrected chi connectivity index (χ3v) is 6.78. The zero-order valence-corrected chi connectivity index (χ0v) is 20.3. The van der Waals surface area contributed by atoms with Crippen LogP contribution in [0.25, 0.3) is 17.1 Å². The summed E-state index contributed by atoms with van der Waals surface area (Å²) in [6.45, 7) is 6.87. The first-order chi connectivity index (χ1) is 16.6. The molecule has 7 heteroatoms. The van der Waals surface area contributed by atoms with Crippen LogP contribution in [0.1, 0.15) is 27.8 Å². The van der Waals surface area contributed by atoms with Gasteiger partial charge in [-0.2, -0.15) is 9.90 Å². The summed E-state index contributed by atoms with van der Waals surface area (Å²) in [5, 5.41) is 19.2. The second-order valence-electron chi connectivity index (χ2n) is 8.47. The maximum absolute atomic E-state index is 4.76. The molecule has 0 saturated heterocycles. The molecule has 34 heavy (non-hydrogen) atoms. The Balaban J connectivity index is 1.51. The highest BCUT2D eigenvalue weighted by molar-refractivity contribution is 7.98. The summed E-state index contributed by atoms with van der Waals surface area (Å²) < 4.78 is 2.01. The highest BCUT2D eigenvalue weighted by Crippen LogP contribution is 2.34. The van der Waals surface area contributed by atoms with Gasteiger partial charge in [-0.15, -0.1) is 22.0 Å². The molecule has 0 bridgehead atoms. The van der Waals surface area contributed by atoms with Gasteiger partial charge in [-0.3, -0.25) is 0 Å². The smallest absolute Gasteiger partial charge is 0.209 e. The van der Waals surface area contributed by atoms with Gasteiger partial charge in [0.25, 0.3) is 0 Å². The normalized spacial score (nSPS) is 11.1. The van der Waals surface area contributed by atoms with Gasteiger partial charge >= 0.3 is 0 Å². The van der Waals surface area contributed by atoms with E-state index in [2.05, 4.69) is 97.8 Å². The second-order valence-corrected chi connectivity index (χ2v) is 9.44. The molecule has 0 amide bonds. The lowest BCUT2D eigenvalue weighted by Gasteiger charge is -2.12. The standard InChI is InChI=1S/C27H26N6S/c1-19-8-7-11-23(14-19)17-32-30-26(29-31-32)24-16-28-33(25-15-20(2)12-13-21(25)3)27(24)34-18-22-9-5-4-6-10-22/h4-16H,17-18H2,1-3H3. The molecule has 0 radical (unpaired) electrons. The minimum atomic E-state index is 0.576. The van der Waals surface area contributed by atoms with Crippen LogP contribution in [0.5, 0.6) is 0 Å². The van der Waals surface area contributed by atoms with Crippen LogP contribution in [0.15, 0.2) is 84.0 Å². The summed E-state index contributed by atoms with van der Waals surface area (Å²) >= 11 is 1.74. The van der Waals surface area contributed by atoms with Crippen LogP contribution < -0.4 is 0 Å². The molecule has 2 heterocycles. The van der Waals surface area contributed by atoms with E-state index in [9.17, 15) is 0 Å². The molecule has 0 unspecified atom stereocenters. The van der Waals surface area contributed by atoms with Gasteiger partial charge in [0.2, 0.25) is 5.82 Å². The molecular weight excluding hydrogens is 440 g/mol. The molecule has 5 aromatic rings. The third-order valence-electron chi connectivity index (χ3n) is 5.64. The van der Waals surface area contributed by atoms with E-state index >= 15 is 0 Å². The number of thioether (sulfide) groups is 1. The summed E-state index contributed by atoms with van der Waals surface area (Å²) in [6.07, 6.45) is 1.85. The first-order valence-corrected chi connectivity index (χ1v) is 12.2. The summed E-state index contributed by atoms with van der Waals surface area (Å²) in [4.78, 5) is 1.64. The van der Waals surface area contributed by atoms with Crippen LogP contribution in [0.2, 0.25) is 0 Å². The number of benzene rings is 3. The van der Waals surface area contributed by atoms with Gasteiger partial charge in [-0.05, 0) is 54.3 Å². The fourth-order valence-corrected chi connectivity index (χ4v) is 4.93. The van der Waals surface area contributed by atoms with Crippen LogP contribution in [-0.4, -0.2) is 30.0 Å². The van der Waals surface area contributed by atoms with Gasteiger partial charge in [-0.1, -0.05) is 72.3 Å². The van der Waals surface area contributed by atoms with Crippen molar-refractivity contribution >= 4 is 11.8 Å². The van der Waals surface area contributed by atoms with Gasteiger partial charge in [0, 0.05) is 5.75 Å². The maximum Gasteiger partial charge on any atom is 0.209 e. The molecule has 0 aliphatic heterocycles. The van der Waals surface area contributed by atoms with E-state index < -0.39 is 0 Å². The Labute approximate surface area is 203 Å². The van der Waals surface area contributed by atoms with E-state index in [1.54, 1.807) is 16.6 Å². The lowest BCUT2D eigenvalue weighted by atomic mass is 10.1. The zero-order valence-electron chi connectivity index (χ0n) is 19.5. The summed E-state index contributed by atoms with van der Waals surface area (Å²) in [5.41, 5.74) is 7.92. The van der Waals surface area contributed by atoms with Crippen molar-refractivity contribution in [1.29, 1.82) is 0 Å². The van der Waals surface area contributed by atoms with Crippen molar-refractivity contribution in [1.82, 2.24) is 30.0 Å². The first kappa shape index (κ1) is 22.1. The van der Waals surface area contributed by atoms with Crippen LogP contribution in [0.4, 0.5) is 0 Å². The molecule has 3 aromatic carbocycles. The topological polar surface area (TPSA) is 61.4 Å². The van der Waals surface area contributed by atoms with Crippen molar-refractivity contribution in [3.05, 3.63) is 107 Å². The third kappa shape index (κ3) is 4.79. The molecule has 6 nitrogen and oxygen atoms in total. The van der Waals surface area contributed by atoms with E-state index in [1.807, 2.05) is 16.9 Å². The largest absolute Gasteiger partial charge is 0.226 e. The number of aromatic nitrogens is 6. The molecule has 0 fully saturated rings. The number of tetrazole rings is 1. The lowest BCUT2D eigenvalue weighted by Crippen LogP contribution is -2.04. The van der Waals surface area contributed by atoms with Gasteiger partial charge in [0.15, 0.2) is 0 Å². The molecule has 0 saturated carbocycles. The Hall–Kier alpha value is -3.71. The molecular formula is C27H26N6S. The predicted molar refractivity (Wildman–Crippen MR) is 136 cm³/mol. The molecule has 2 aromatic heterocycles. The lowest BCUT2D eigenvalue weighted by molar-refractivity contribution is 0.572. The molecule has 0 aliphatic carbocycles. The molecule has 0 atom stereocenters. The fourth-order valence-electron chi connectivity index (χ4n) is 3.87. The van der Waals surface area contributed by atoms with E-state index in [-0.39, 0.29) is 0 Å². The van der Waals surface area contributed by atoms with Gasteiger partial charge in [0.05, 0.1) is 24.0 Å². The van der Waals surface area contributed by atoms with Gasteiger partial charge in [-0.25, -0.2) is 4.68 Å². The van der Waals surface area contributed by atoms with Crippen molar-refractivity contribution in [2.24, 2.45) is 0 Å². The van der Waals surface area contributed by atoms with Crippen molar-refractivity contribution in [3.63, 3.8) is 0 Å². The molecule has 170 valence electrons. The van der Waals surface area contributed by atoms with Crippen LogP contribution in [0.3, 0.4) is 0 Å². The summed E-state index contributed by atoms with van der Waals surface area (Å²) in [5.74, 6) is 1.40. The van der Waals surface area contributed by atoms with Crippen molar-refractivity contribution in [2.75, 3.05) is 0 Å². The van der Waals surface area contributed by atoms with Crippen molar-refractivity contribution < 1.29 is 0 Å². The van der Waals surface area contributed by atoms with Gasteiger partial charge < -0.3 is 0 Å². The van der Waals surface area contributed by atoms with Crippen LogP contribution >= 0.6 is 11.8 Å². The van der Waals surface area contributed by atoms with Crippen molar-refractivity contribution in [2.45, 2.75) is 38.1 Å². The molecule has 0 N–H and O–H groups in total. The Morgan fingerprint density at radius 1 is 0.824 bits per heavy atom. The number of hydrogen-bond acceptors (Lipinski definition) is 5. The fraction of sp³-hybridized carbons (Fsp3) is 0.185. The van der Waals surface area contributed by atoms with E-state index in [1.165, 1.54) is 16.7 Å². The molecule has 0 spiro atoms. The maximum atomic E-state index is 4.76. The highest BCUT2D eigenvalue weighted by Gasteiger charge is 2.20. The van der Waals surface area contributed by atoms with E-state index in [0.29, 0.717) is 12.4 Å². The van der Waals surface area contributed by atoms with Crippen LogP contribution in [-0.2, 0) is 12.3 Å². The molecule has 0 aliphatic rings. The van der Waals surface area contributed by atoms with Gasteiger partial charge in [0.1, 0.15) is 5.03 Å². The quantitative estimate of drug-likeness (QED) is 0.284. The van der Waals surface area contributed by atoms with E-state index in [4.69, 9.17) is 10.2 Å². The number of nitrogens with zero attached hydrogens (tertiary/aromatic N) is 6. The second kappa shape index (κ2) is 9.65. The molecule has 5 rings (SSSR count). The SMILES string of the molecule is Cc1cccc(Cn2nnc(-c3cnn(-c4cc(C)ccc4C)c3SCc3ccccc3)n2)c1. The highest BCUT2D eigenvalue weighted by atomic mass is 32.2.